The van der Waals surface area contributed by atoms with Crippen molar-refractivity contribution in [1.29, 1.82) is 0 Å². The van der Waals surface area contributed by atoms with Gasteiger partial charge in [0.15, 0.2) is 11.5 Å². The molecule has 4 nitrogen and oxygen atoms in total. The number of nitrogen functional groups attached to an aromatic ring is 1. The van der Waals surface area contributed by atoms with Gasteiger partial charge in [0.05, 0.1) is 16.7 Å². The lowest BCUT2D eigenvalue weighted by Gasteiger charge is -2.19. The van der Waals surface area contributed by atoms with Crippen molar-refractivity contribution in [3.05, 3.63) is 4.88 Å². The molecule has 1 aromatic rings. The lowest BCUT2D eigenvalue weighted by Crippen LogP contribution is -2.18. The summed E-state index contributed by atoms with van der Waals surface area (Å²) in [6.45, 7) is 7.53. The number of thiophene rings is 1. The molecule has 0 amide bonds. The van der Waals surface area contributed by atoms with Crippen molar-refractivity contribution in [3.8, 4) is 5.75 Å². The van der Waals surface area contributed by atoms with E-state index >= 15 is 0 Å². The van der Waals surface area contributed by atoms with Gasteiger partial charge in [-0.15, -0.1) is 11.3 Å². The smallest absolute Gasteiger partial charge is 0.177 e. The molecule has 0 spiro atoms. The fourth-order valence-electron chi connectivity index (χ4n) is 2.16. The number of carbonyl (C=O) groups excluding carboxylic acids is 1. The lowest BCUT2D eigenvalue weighted by atomic mass is 10.3. The Morgan fingerprint density at radius 3 is 2.50 bits per heavy atom. The molecule has 0 aromatic carbocycles. The van der Waals surface area contributed by atoms with E-state index in [-0.39, 0.29) is 11.9 Å². The van der Waals surface area contributed by atoms with Crippen LogP contribution in [0, 0.1) is 0 Å². The Balaban J connectivity index is 2.41. The summed E-state index contributed by atoms with van der Waals surface area (Å²) in [5.41, 5.74) is 6.56. The average molecular weight is 268 g/mol. The van der Waals surface area contributed by atoms with Crippen LogP contribution in [0.3, 0.4) is 0 Å². The van der Waals surface area contributed by atoms with Crippen LogP contribution in [0.2, 0.25) is 0 Å². The number of rotatable bonds is 4. The second kappa shape index (κ2) is 5.18. The van der Waals surface area contributed by atoms with Crippen LogP contribution in [-0.4, -0.2) is 25.0 Å². The van der Waals surface area contributed by atoms with E-state index in [0.29, 0.717) is 16.3 Å². The third-order valence-electron chi connectivity index (χ3n) is 2.95. The first-order chi connectivity index (χ1) is 8.50. The number of ketones is 1. The van der Waals surface area contributed by atoms with Gasteiger partial charge in [0.1, 0.15) is 5.00 Å². The summed E-state index contributed by atoms with van der Waals surface area (Å²) in [6, 6.07) is 0. The molecule has 5 heteroatoms. The van der Waals surface area contributed by atoms with Crippen molar-refractivity contribution < 1.29 is 9.53 Å². The fraction of sp³-hybridized carbons (Fsp3) is 0.615. The van der Waals surface area contributed by atoms with E-state index in [1.54, 1.807) is 6.92 Å². The molecule has 1 aromatic heterocycles. The largest absolute Gasteiger partial charge is 0.486 e. The maximum Gasteiger partial charge on any atom is 0.177 e. The predicted molar refractivity (Wildman–Crippen MR) is 75.9 cm³/mol. The van der Waals surface area contributed by atoms with Gasteiger partial charge in [0.2, 0.25) is 0 Å². The van der Waals surface area contributed by atoms with Crippen LogP contribution < -0.4 is 15.4 Å². The lowest BCUT2D eigenvalue weighted by molar-refractivity contribution is 0.102. The predicted octanol–water partition coefficient (Wildman–Crippen LogP) is 2.92. The Morgan fingerprint density at radius 1 is 1.39 bits per heavy atom. The first-order valence-electron chi connectivity index (χ1n) is 6.35. The zero-order chi connectivity index (χ0) is 13.3. The third kappa shape index (κ3) is 2.46. The highest BCUT2D eigenvalue weighted by Crippen LogP contribution is 2.46. The molecule has 2 heterocycles. The van der Waals surface area contributed by atoms with E-state index in [0.717, 1.165) is 18.1 Å². The van der Waals surface area contributed by atoms with Crippen LogP contribution in [0.4, 0.5) is 10.7 Å². The van der Waals surface area contributed by atoms with Crippen molar-refractivity contribution in [2.45, 2.75) is 39.7 Å². The van der Waals surface area contributed by atoms with Crippen LogP contribution >= 0.6 is 11.3 Å². The van der Waals surface area contributed by atoms with Gasteiger partial charge in [0, 0.05) is 20.0 Å². The van der Waals surface area contributed by atoms with Gasteiger partial charge >= 0.3 is 0 Å². The number of nitrogens with two attached hydrogens (primary N) is 1. The summed E-state index contributed by atoms with van der Waals surface area (Å²) < 4.78 is 5.81. The van der Waals surface area contributed by atoms with Crippen LogP contribution in [0.15, 0.2) is 0 Å². The summed E-state index contributed by atoms with van der Waals surface area (Å²) in [5, 5.41) is 1.02. The van der Waals surface area contributed by atoms with E-state index in [4.69, 9.17) is 10.5 Å². The summed E-state index contributed by atoms with van der Waals surface area (Å²) in [4.78, 5) is 14.5. The zero-order valence-corrected chi connectivity index (χ0v) is 12.0. The Labute approximate surface area is 112 Å². The molecule has 1 aliphatic rings. The Kier molecular flexibility index (Phi) is 3.80. The summed E-state index contributed by atoms with van der Waals surface area (Å²) >= 11 is 1.46. The van der Waals surface area contributed by atoms with Crippen molar-refractivity contribution in [2.75, 3.05) is 23.7 Å². The van der Waals surface area contributed by atoms with E-state index in [9.17, 15) is 4.79 Å². The van der Waals surface area contributed by atoms with Gasteiger partial charge in [-0.3, -0.25) is 4.79 Å². The van der Waals surface area contributed by atoms with Gasteiger partial charge in [-0.05, 0) is 26.7 Å². The minimum atomic E-state index is 0.0107. The quantitative estimate of drug-likeness (QED) is 0.853. The standard InChI is InChI=1S/C13H20N2O2S/c1-8(2)17-11-10(14)12(9(3)16)18-13(11)15-6-4-5-7-15/h8H,4-7,14H2,1-3H3. The molecule has 18 heavy (non-hydrogen) atoms. The highest BCUT2D eigenvalue weighted by Gasteiger charge is 2.26. The number of nitrogens with zero attached hydrogens (tertiary/aromatic N) is 1. The molecule has 1 saturated heterocycles. The maximum atomic E-state index is 11.6. The van der Waals surface area contributed by atoms with Crippen molar-refractivity contribution >= 4 is 27.8 Å². The van der Waals surface area contributed by atoms with E-state index in [2.05, 4.69) is 4.90 Å². The molecular formula is C13H20N2O2S. The number of anilines is 2. The minimum absolute atomic E-state index is 0.0107. The van der Waals surface area contributed by atoms with E-state index < -0.39 is 0 Å². The van der Waals surface area contributed by atoms with Gasteiger partial charge in [0.25, 0.3) is 0 Å². The van der Waals surface area contributed by atoms with Gasteiger partial charge in [-0.25, -0.2) is 0 Å². The van der Waals surface area contributed by atoms with Crippen LogP contribution in [0.1, 0.15) is 43.3 Å². The number of hydrogen-bond acceptors (Lipinski definition) is 5. The van der Waals surface area contributed by atoms with Gasteiger partial charge in [-0.1, -0.05) is 0 Å². The molecular weight excluding hydrogens is 248 g/mol. The molecule has 1 fully saturated rings. The molecule has 2 rings (SSSR count). The highest BCUT2D eigenvalue weighted by molar-refractivity contribution is 7.19. The second-order valence-corrected chi connectivity index (χ2v) is 5.90. The first kappa shape index (κ1) is 13.2. The number of ether oxygens (including phenoxy) is 1. The molecule has 1 aliphatic heterocycles. The summed E-state index contributed by atoms with van der Waals surface area (Å²) in [7, 11) is 0. The topological polar surface area (TPSA) is 55.6 Å². The van der Waals surface area contributed by atoms with Crippen molar-refractivity contribution in [1.82, 2.24) is 0 Å². The van der Waals surface area contributed by atoms with Crippen LogP contribution in [0.5, 0.6) is 5.75 Å². The zero-order valence-electron chi connectivity index (χ0n) is 11.2. The summed E-state index contributed by atoms with van der Waals surface area (Å²) in [6.07, 6.45) is 2.44. The fourth-order valence-corrected chi connectivity index (χ4v) is 3.26. The van der Waals surface area contributed by atoms with Crippen molar-refractivity contribution in [2.24, 2.45) is 0 Å². The molecule has 0 radical (unpaired) electrons. The third-order valence-corrected chi connectivity index (χ3v) is 4.30. The molecule has 0 atom stereocenters. The molecule has 0 aliphatic carbocycles. The maximum absolute atomic E-state index is 11.6. The van der Waals surface area contributed by atoms with Crippen LogP contribution in [0.25, 0.3) is 0 Å². The van der Waals surface area contributed by atoms with Gasteiger partial charge in [-0.2, -0.15) is 0 Å². The first-order valence-corrected chi connectivity index (χ1v) is 7.17. The van der Waals surface area contributed by atoms with Crippen molar-refractivity contribution in [3.63, 3.8) is 0 Å². The SMILES string of the molecule is CC(=O)c1sc(N2CCCC2)c(OC(C)C)c1N. The molecule has 100 valence electrons. The number of carbonyl (C=O) groups is 1. The van der Waals surface area contributed by atoms with E-state index in [1.807, 2.05) is 13.8 Å². The molecule has 0 bridgehead atoms. The molecule has 0 unspecified atom stereocenters. The molecule has 2 N–H and O–H groups in total. The minimum Gasteiger partial charge on any atom is -0.486 e. The van der Waals surface area contributed by atoms with E-state index in [1.165, 1.54) is 24.2 Å². The van der Waals surface area contributed by atoms with Crippen LogP contribution in [-0.2, 0) is 0 Å². The molecule has 0 saturated carbocycles. The highest BCUT2D eigenvalue weighted by atomic mass is 32.1. The second-order valence-electron chi connectivity index (χ2n) is 4.90. The summed E-state index contributed by atoms with van der Waals surface area (Å²) in [5.74, 6) is 0.707. The average Bonchev–Trinajstić information content (AvgIpc) is 2.87. The number of hydrogen-bond donors (Lipinski definition) is 1. The Bertz CT molecular complexity index is 448. The Hall–Kier alpha value is -1.23. The normalized spacial score (nSPS) is 15.4. The number of Topliss-reactive ketones (excluding diaryl/α,β-unsaturated/α-hetero) is 1. The monoisotopic (exact) mass is 268 g/mol. The van der Waals surface area contributed by atoms with Gasteiger partial charge < -0.3 is 15.4 Å². The Morgan fingerprint density at radius 2 is 2.00 bits per heavy atom.